The number of methoxy groups -OCH3 is 1. The summed E-state index contributed by atoms with van der Waals surface area (Å²) in [6.45, 7) is 4.10. The number of benzene rings is 1. The van der Waals surface area contributed by atoms with Gasteiger partial charge in [0.15, 0.2) is 0 Å². The van der Waals surface area contributed by atoms with E-state index in [1.54, 1.807) is 29.6 Å². The Bertz CT molecular complexity index is 1190. The number of aryl methyl sites for hydroxylation is 1. The van der Waals surface area contributed by atoms with Crippen molar-refractivity contribution in [2.24, 2.45) is 7.05 Å². The van der Waals surface area contributed by atoms with Gasteiger partial charge < -0.3 is 9.64 Å². The first-order chi connectivity index (χ1) is 15.2. The van der Waals surface area contributed by atoms with Crippen LogP contribution in [0.25, 0.3) is 11.3 Å². The molecule has 6 nitrogen and oxygen atoms in total. The Balaban J connectivity index is 1.71. The first-order valence-electron chi connectivity index (χ1n) is 10.2. The number of nitrogens with zero attached hydrogens (tertiary/aromatic N) is 4. The highest BCUT2D eigenvalue weighted by Gasteiger charge is 2.34. The second kappa shape index (κ2) is 8.29. The fourth-order valence-electron chi connectivity index (χ4n) is 4.35. The van der Waals surface area contributed by atoms with Gasteiger partial charge in [-0.15, -0.1) is 0 Å². The minimum Gasteiger partial charge on any atom is -0.481 e. The number of amides is 1. The summed E-state index contributed by atoms with van der Waals surface area (Å²) in [5.74, 6) is -0.698. The average Bonchev–Trinajstić information content (AvgIpc) is 3.11. The summed E-state index contributed by atoms with van der Waals surface area (Å²) in [4.78, 5) is 19.2. The van der Waals surface area contributed by atoms with Crippen molar-refractivity contribution in [1.82, 2.24) is 19.7 Å². The number of pyridine rings is 1. The number of carbonyl (C=O) groups excluding carboxylic acids is 1. The van der Waals surface area contributed by atoms with E-state index in [0.29, 0.717) is 46.9 Å². The predicted octanol–water partition coefficient (Wildman–Crippen LogP) is 4.64. The SMILES string of the molecule is COc1nccc(C(=O)N2CCc3c(nn(C)c3-c3ccc(F)c(C(F)F)c3)[C@@H]2C)c1C. The van der Waals surface area contributed by atoms with Gasteiger partial charge in [0, 0.05) is 42.0 Å². The summed E-state index contributed by atoms with van der Waals surface area (Å²) < 4.78 is 47.1. The molecule has 3 heterocycles. The van der Waals surface area contributed by atoms with E-state index in [-0.39, 0.29) is 11.9 Å². The lowest BCUT2D eigenvalue weighted by molar-refractivity contribution is 0.0672. The molecule has 0 spiro atoms. The van der Waals surface area contributed by atoms with Crippen molar-refractivity contribution in [1.29, 1.82) is 0 Å². The molecule has 9 heteroatoms. The minimum atomic E-state index is -2.91. The summed E-state index contributed by atoms with van der Waals surface area (Å²) in [5, 5.41) is 4.59. The molecule has 0 N–H and O–H groups in total. The molecular weight excluding hydrogens is 421 g/mol. The molecule has 2 aromatic heterocycles. The molecule has 168 valence electrons. The molecule has 0 saturated heterocycles. The van der Waals surface area contributed by atoms with Crippen LogP contribution in [0.1, 0.15) is 52.1 Å². The van der Waals surface area contributed by atoms with Gasteiger partial charge in [-0.2, -0.15) is 5.10 Å². The maximum absolute atomic E-state index is 13.8. The molecule has 0 fully saturated rings. The molecule has 32 heavy (non-hydrogen) atoms. The second-order valence-corrected chi connectivity index (χ2v) is 7.79. The van der Waals surface area contributed by atoms with Crippen molar-refractivity contribution in [3.05, 3.63) is 64.2 Å². The van der Waals surface area contributed by atoms with E-state index in [9.17, 15) is 18.0 Å². The van der Waals surface area contributed by atoms with Crippen molar-refractivity contribution in [2.75, 3.05) is 13.7 Å². The third-order valence-corrected chi connectivity index (χ3v) is 5.99. The largest absolute Gasteiger partial charge is 0.481 e. The number of ether oxygens (including phenoxy) is 1. The van der Waals surface area contributed by atoms with Crippen LogP contribution in [0.15, 0.2) is 30.5 Å². The Kier molecular flexibility index (Phi) is 5.66. The van der Waals surface area contributed by atoms with Crippen LogP contribution in [0.2, 0.25) is 0 Å². The fraction of sp³-hybridized carbons (Fsp3) is 0.348. The van der Waals surface area contributed by atoms with E-state index in [4.69, 9.17) is 4.74 Å². The molecular formula is C23H23F3N4O2. The molecule has 0 radical (unpaired) electrons. The van der Waals surface area contributed by atoms with E-state index in [1.165, 1.54) is 25.4 Å². The van der Waals surface area contributed by atoms with Gasteiger partial charge in [-0.25, -0.2) is 18.2 Å². The van der Waals surface area contributed by atoms with Gasteiger partial charge in [-0.05, 0) is 44.5 Å². The highest BCUT2D eigenvalue weighted by molar-refractivity contribution is 5.96. The minimum absolute atomic E-state index is 0.157. The van der Waals surface area contributed by atoms with Crippen molar-refractivity contribution in [3.63, 3.8) is 0 Å². The number of aromatic nitrogens is 3. The number of carbonyl (C=O) groups is 1. The first kappa shape index (κ1) is 21.9. The predicted molar refractivity (Wildman–Crippen MR) is 112 cm³/mol. The maximum atomic E-state index is 13.8. The maximum Gasteiger partial charge on any atom is 0.266 e. The summed E-state index contributed by atoms with van der Waals surface area (Å²) in [6, 6.07) is 5.04. The van der Waals surface area contributed by atoms with Crippen molar-refractivity contribution in [2.45, 2.75) is 32.7 Å². The highest BCUT2D eigenvalue weighted by atomic mass is 19.3. The van der Waals surface area contributed by atoms with Crippen molar-refractivity contribution >= 4 is 5.91 Å². The molecule has 0 bridgehead atoms. The zero-order valence-electron chi connectivity index (χ0n) is 18.2. The van der Waals surface area contributed by atoms with Gasteiger partial charge in [-0.3, -0.25) is 9.48 Å². The molecule has 0 aliphatic carbocycles. The number of halogens is 3. The summed E-state index contributed by atoms with van der Waals surface area (Å²) in [6.07, 6.45) is -0.878. The van der Waals surface area contributed by atoms with E-state index < -0.39 is 17.8 Å². The standard InChI is InChI=1S/C23H23F3N4O2/c1-12-15(7-9-27-22(12)32-4)23(31)30-10-8-16-19(13(30)2)28-29(3)20(16)14-5-6-18(24)17(11-14)21(25)26/h5-7,9,11,13,21H,8,10H2,1-4H3/t13-/m0/s1. The Labute approximate surface area is 183 Å². The Morgan fingerprint density at radius 1 is 1.28 bits per heavy atom. The van der Waals surface area contributed by atoms with Crippen LogP contribution >= 0.6 is 0 Å². The lowest BCUT2D eigenvalue weighted by atomic mass is 9.94. The van der Waals surface area contributed by atoms with E-state index in [2.05, 4.69) is 10.1 Å². The van der Waals surface area contributed by atoms with Crippen LogP contribution in [-0.4, -0.2) is 39.2 Å². The lowest BCUT2D eigenvalue weighted by Crippen LogP contribution is -2.39. The Hall–Kier alpha value is -3.36. The van der Waals surface area contributed by atoms with Crippen LogP contribution in [0.3, 0.4) is 0 Å². The van der Waals surface area contributed by atoms with Gasteiger partial charge in [0.1, 0.15) is 5.82 Å². The Morgan fingerprint density at radius 2 is 2.03 bits per heavy atom. The van der Waals surface area contributed by atoms with Gasteiger partial charge in [-0.1, -0.05) is 0 Å². The molecule has 1 aliphatic heterocycles. The molecule has 4 rings (SSSR count). The molecule has 1 aliphatic rings. The monoisotopic (exact) mass is 444 g/mol. The van der Waals surface area contributed by atoms with Crippen LogP contribution in [0, 0.1) is 12.7 Å². The van der Waals surface area contributed by atoms with Gasteiger partial charge in [0.05, 0.1) is 30.1 Å². The molecule has 1 aromatic carbocycles. The highest BCUT2D eigenvalue weighted by Crippen LogP contribution is 2.37. The second-order valence-electron chi connectivity index (χ2n) is 7.79. The van der Waals surface area contributed by atoms with Crippen LogP contribution in [-0.2, 0) is 13.5 Å². The van der Waals surface area contributed by atoms with Crippen molar-refractivity contribution < 1.29 is 22.7 Å². The van der Waals surface area contributed by atoms with Gasteiger partial charge in [0.2, 0.25) is 5.88 Å². The molecule has 3 aromatic rings. The normalized spacial score (nSPS) is 15.8. The Morgan fingerprint density at radius 3 is 2.72 bits per heavy atom. The number of fused-ring (bicyclic) bond motifs is 1. The van der Waals surface area contributed by atoms with Gasteiger partial charge >= 0.3 is 0 Å². The van der Waals surface area contributed by atoms with Crippen molar-refractivity contribution in [3.8, 4) is 17.1 Å². The van der Waals surface area contributed by atoms with Gasteiger partial charge in [0.25, 0.3) is 12.3 Å². The zero-order chi connectivity index (χ0) is 23.2. The smallest absolute Gasteiger partial charge is 0.266 e. The quantitative estimate of drug-likeness (QED) is 0.589. The average molecular weight is 444 g/mol. The van der Waals surface area contributed by atoms with Crippen LogP contribution in [0.4, 0.5) is 13.2 Å². The molecule has 1 amide bonds. The molecule has 0 unspecified atom stereocenters. The number of hydrogen-bond donors (Lipinski definition) is 0. The molecule has 0 saturated carbocycles. The lowest BCUT2D eigenvalue weighted by Gasteiger charge is -2.33. The van der Waals surface area contributed by atoms with E-state index >= 15 is 0 Å². The summed E-state index contributed by atoms with van der Waals surface area (Å²) in [5.41, 5.74) is 3.22. The van der Waals surface area contributed by atoms with E-state index in [0.717, 1.165) is 11.6 Å². The fourth-order valence-corrected chi connectivity index (χ4v) is 4.35. The summed E-state index contributed by atoms with van der Waals surface area (Å²) in [7, 11) is 3.22. The topological polar surface area (TPSA) is 60.2 Å². The third kappa shape index (κ3) is 3.51. The van der Waals surface area contributed by atoms with Crippen LogP contribution in [0.5, 0.6) is 5.88 Å². The van der Waals surface area contributed by atoms with E-state index in [1.807, 2.05) is 6.92 Å². The number of rotatable bonds is 4. The third-order valence-electron chi connectivity index (χ3n) is 5.99. The number of alkyl halides is 2. The first-order valence-corrected chi connectivity index (χ1v) is 10.2. The molecule has 1 atom stereocenters. The zero-order valence-corrected chi connectivity index (χ0v) is 18.2. The van der Waals surface area contributed by atoms with Crippen LogP contribution < -0.4 is 4.74 Å². The number of hydrogen-bond acceptors (Lipinski definition) is 4. The summed E-state index contributed by atoms with van der Waals surface area (Å²) >= 11 is 0.